The lowest BCUT2D eigenvalue weighted by Crippen LogP contribution is -2.38. The van der Waals surface area contributed by atoms with Gasteiger partial charge in [-0.05, 0) is 51.4 Å². The molecule has 20 heavy (non-hydrogen) atoms. The number of hydrogen-bond donors (Lipinski definition) is 1. The van der Waals surface area contributed by atoms with Gasteiger partial charge in [-0.1, -0.05) is 33.3 Å². The number of likely N-dealkylation sites (tertiary alicyclic amines) is 1. The minimum absolute atomic E-state index is 0.382. The third kappa shape index (κ3) is 9.16. The van der Waals surface area contributed by atoms with E-state index in [1.165, 1.54) is 19.3 Å². The van der Waals surface area contributed by atoms with E-state index in [1.54, 1.807) is 0 Å². The summed E-state index contributed by atoms with van der Waals surface area (Å²) in [5.41, 5.74) is 0. The Morgan fingerprint density at radius 2 is 1.90 bits per heavy atom. The van der Waals surface area contributed by atoms with E-state index in [9.17, 15) is 5.11 Å². The van der Waals surface area contributed by atoms with E-state index in [-0.39, 0.29) is 0 Å². The molecule has 1 atom stereocenters. The van der Waals surface area contributed by atoms with E-state index in [2.05, 4.69) is 11.8 Å². The molecular weight excluding hydrogens is 250 g/mol. The van der Waals surface area contributed by atoms with E-state index in [0.717, 1.165) is 31.8 Å². The summed E-state index contributed by atoms with van der Waals surface area (Å²) in [6.07, 6.45) is 10.3. The van der Waals surface area contributed by atoms with Crippen LogP contribution in [0.15, 0.2) is 24.0 Å². The standard InChI is InChI=1S/C15H27NO2.C2H6/c1-3-8-15(9-4-2)18-13-14(17)12-16-10-6-5-7-11-16;1-2/h3,8-9,14,17H,4-7,10-13H2,1-2H3;1-2H3/b8-3-,15-9+;. The molecule has 0 spiro atoms. The van der Waals surface area contributed by atoms with Crippen molar-refractivity contribution in [1.82, 2.24) is 4.90 Å². The smallest absolute Gasteiger partial charge is 0.115 e. The first-order chi connectivity index (χ1) is 9.76. The highest BCUT2D eigenvalue weighted by molar-refractivity contribution is 5.10. The van der Waals surface area contributed by atoms with E-state index in [4.69, 9.17) is 4.74 Å². The number of piperidine rings is 1. The molecule has 0 aliphatic carbocycles. The Morgan fingerprint density at radius 3 is 2.45 bits per heavy atom. The van der Waals surface area contributed by atoms with E-state index >= 15 is 0 Å². The van der Waals surface area contributed by atoms with Gasteiger partial charge in [0, 0.05) is 6.54 Å². The maximum absolute atomic E-state index is 9.97. The number of aliphatic hydroxyl groups excluding tert-OH is 1. The van der Waals surface area contributed by atoms with Gasteiger partial charge in [0.1, 0.15) is 18.5 Å². The lowest BCUT2D eigenvalue weighted by Gasteiger charge is -2.28. The van der Waals surface area contributed by atoms with Gasteiger partial charge in [-0.2, -0.15) is 0 Å². The van der Waals surface area contributed by atoms with Gasteiger partial charge >= 0.3 is 0 Å². The van der Waals surface area contributed by atoms with Crippen molar-refractivity contribution in [2.24, 2.45) is 0 Å². The van der Waals surface area contributed by atoms with Crippen molar-refractivity contribution in [3.8, 4) is 0 Å². The summed E-state index contributed by atoms with van der Waals surface area (Å²) in [6, 6.07) is 0. The quantitative estimate of drug-likeness (QED) is 0.570. The highest BCUT2D eigenvalue weighted by atomic mass is 16.5. The van der Waals surface area contributed by atoms with Crippen molar-refractivity contribution >= 4 is 0 Å². The summed E-state index contributed by atoms with van der Waals surface area (Å²) in [4.78, 5) is 2.33. The number of aliphatic hydroxyl groups is 1. The Hall–Kier alpha value is -0.800. The molecule has 3 nitrogen and oxygen atoms in total. The van der Waals surface area contributed by atoms with E-state index in [0.29, 0.717) is 6.61 Å². The minimum Gasteiger partial charge on any atom is -0.491 e. The number of rotatable bonds is 7. The van der Waals surface area contributed by atoms with Gasteiger partial charge in [0.2, 0.25) is 0 Å². The normalized spacial score (nSPS) is 18.6. The Balaban J connectivity index is 0.00000172. The Labute approximate surface area is 125 Å². The van der Waals surface area contributed by atoms with Crippen molar-refractivity contribution in [2.75, 3.05) is 26.2 Å². The highest BCUT2D eigenvalue weighted by Crippen LogP contribution is 2.10. The molecule has 0 aromatic heterocycles. The maximum Gasteiger partial charge on any atom is 0.115 e. The fraction of sp³-hybridized carbons (Fsp3) is 0.765. The fourth-order valence-electron chi connectivity index (χ4n) is 2.23. The van der Waals surface area contributed by atoms with Crippen LogP contribution < -0.4 is 0 Å². The summed E-state index contributed by atoms with van der Waals surface area (Å²) in [5.74, 6) is 0.859. The summed E-state index contributed by atoms with van der Waals surface area (Å²) in [6.45, 7) is 11.4. The van der Waals surface area contributed by atoms with Gasteiger partial charge in [0.05, 0.1) is 0 Å². The van der Waals surface area contributed by atoms with Crippen LogP contribution in [0.2, 0.25) is 0 Å². The second-order valence-corrected chi connectivity index (χ2v) is 4.84. The van der Waals surface area contributed by atoms with Crippen LogP contribution in [0.25, 0.3) is 0 Å². The number of β-amino-alcohol motifs (C(OH)–C–C–N with tert-alkyl or cyclic N) is 1. The second-order valence-electron chi connectivity index (χ2n) is 4.84. The minimum atomic E-state index is -0.395. The Kier molecular flexibility index (Phi) is 12.7. The van der Waals surface area contributed by atoms with Crippen molar-refractivity contribution < 1.29 is 9.84 Å². The first-order valence-electron chi connectivity index (χ1n) is 8.12. The molecule has 3 heteroatoms. The third-order valence-electron chi connectivity index (χ3n) is 3.10. The van der Waals surface area contributed by atoms with Crippen LogP contribution in [0.5, 0.6) is 0 Å². The lowest BCUT2D eigenvalue weighted by molar-refractivity contribution is 0.0408. The molecule has 1 saturated heterocycles. The molecule has 1 heterocycles. The first-order valence-corrected chi connectivity index (χ1v) is 8.12. The monoisotopic (exact) mass is 283 g/mol. The SMILES string of the molecule is C/C=C\C(=C/CC)OCC(O)CN1CCCCC1.CC. The van der Waals surface area contributed by atoms with Gasteiger partial charge in [0.15, 0.2) is 0 Å². The van der Waals surface area contributed by atoms with Crippen LogP contribution in [-0.2, 0) is 4.74 Å². The summed E-state index contributed by atoms with van der Waals surface area (Å²) >= 11 is 0. The molecule has 0 bridgehead atoms. The van der Waals surface area contributed by atoms with Crippen molar-refractivity contribution in [2.45, 2.75) is 59.5 Å². The summed E-state index contributed by atoms with van der Waals surface area (Å²) in [5, 5.41) is 9.97. The molecule has 0 amide bonds. The molecule has 1 rings (SSSR count). The molecule has 0 aromatic carbocycles. The highest BCUT2D eigenvalue weighted by Gasteiger charge is 2.14. The molecule has 118 valence electrons. The Morgan fingerprint density at radius 1 is 1.25 bits per heavy atom. The van der Waals surface area contributed by atoms with Crippen molar-refractivity contribution in [3.63, 3.8) is 0 Å². The van der Waals surface area contributed by atoms with Crippen LogP contribution in [-0.4, -0.2) is 42.4 Å². The Bertz CT molecular complexity index is 268. The van der Waals surface area contributed by atoms with Crippen LogP contribution >= 0.6 is 0 Å². The first kappa shape index (κ1) is 19.2. The zero-order valence-electron chi connectivity index (χ0n) is 13.8. The average Bonchev–Trinajstić information content (AvgIpc) is 2.48. The zero-order chi connectivity index (χ0) is 15.2. The second kappa shape index (κ2) is 13.2. The van der Waals surface area contributed by atoms with Crippen LogP contribution in [0.3, 0.4) is 0 Å². The molecule has 1 aliphatic heterocycles. The molecule has 0 radical (unpaired) electrons. The predicted molar refractivity (Wildman–Crippen MR) is 86.8 cm³/mol. The number of hydrogen-bond acceptors (Lipinski definition) is 3. The number of nitrogens with zero attached hydrogens (tertiary/aromatic N) is 1. The predicted octanol–water partition coefficient (Wildman–Crippen LogP) is 3.75. The maximum atomic E-state index is 9.97. The lowest BCUT2D eigenvalue weighted by atomic mass is 10.1. The third-order valence-corrected chi connectivity index (χ3v) is 3.10. The summed E-state index contributed by atoms with van der Waals surface area (Å²) in [7, 11) is 0. The van der Waals surface area contributed by atoms with Gasteiger partial charge in [-0.15, -0.1) is 0 Å². The topological polar surface area (TPSA) is 32.7 Å². The molecular formula is C17H33NO2. The number of allylic oxidation sites excluding steroid dienone is 3. The van der Waals surface area contributed by atoms with Crippen molar-refractivity contribution in [3.05, 3.63) is 24.0 Å². The molecule has 1 unspecified atom stereocenters. The van der Waals surface area contributed by atoms with Crippen molar-refractivity contribution in [1.29, 1.82) is 0 Å². The van der Waals surface area contributed by atoms with Gasteiger partial charge < -0.3 is 14.7 Å². The van der Waals surface area contributed by atoms with Crippen LogP contribution in [0.1, 0.15) is 53.4 Å². The van der Waals surface area contributed by atoms with Gasteiger partial charge in [0.25, 0.3) is 0 Å². The van der Waals surface area contributed by atoms with Crippen LogP contribution in [0.4, 0.5) is 0 Å². The molecule has 1 aliphatic rings. The largest absolute Gasteiger partial charge is 0.491 e. The summed E-state index contributed by atoms with van der Waals surface area (Å²) < 4.78 is 5.62. The molecule has 0 aromatic rings. The molecule has 1 fully saturated rings. The zero-order valence-corrected chi connectivity index (χ0v) is 13.8. The van der Waals surface area contributed by atoms with E-state index < -0.39 is 6.10 Å². The van der Waals surface area contributed by atoms with Gasteiger partial charge in [-0.3, -0.25) is 0 Å². The molecule has 0 saturated carbocycles. The number of ether oxygens (including phenoxy) is 1. The van der Waals surface area contributed by atoms with Crippen LogP contribution in [0, 0.1) is 0 Å². The van der Waals surface area contributed by atoms with Gasteiger partial charge in [-0.25, -0.2) is 0 Å². The average molecular weight is 283 g/mol. The molecule has 1 N–H and O–H groups in total. The van der Waals surface area contributed by atoms with E-state index in [1.807, 2.05) is 39.0 Å². The fourth-order valence-corrected chi connectivity index (χ4v) is 2.23.